The number of phenols is 2. The Morgan fingerprint density at radius 3 is 2.56 bits per heavy atom. The van der Waals surface area contributed by atoms with Gasteiger partial charge in [-0.25, -0.2) is 4.98 Å². The average molecular weight is 447 g/mol. The lowest BCUT2D eigenvalue weighted by Crippen LogP contribution is -2.35. The molecule has 0 aliphatic carbocycles. The minimum atomic E-state index is -4.43. The fraction of sp³-hybridized carbons (Fsp3) is 0.273. The standard InChI is InChI=1S/C22H20F3N3O4/c1-32-18-9-12(8-17(29)19(18)30)10-28-7-6-16-15(11-28)21(31)27-20(26-16)13-2-4-14(5-3-13)22(23,24)25/h2-5,8-9,29-30H,6-7,10-11H2,1H3,(H,26,27,31). The molecule has 4 rings (SSSR count). The first-order chi connectivity index (χ1) is 15.2. The Morgan fingerprint density at radius 1 is 1.19 bits per heavy atom. The van der Waals surface area contributed by atoms with E-state index in [0.717, 1.165) is 12.1 Å². The summed E-state index contributed by atoms with van der Waals surface area (Å²) in [4.78, 5) is 21.8. The van der Waals surface area contributed by atoms with Gasteiger partial charge in [-0.05, 0) is 29.8 Å². The van der Waals surface area contributed by atoms with Crippen LogP contribution in [0.25, 0.3) is 11.4 Å². The number of nitrogens with zero attached hydrogens (tertiary/aromatic N) is 2. The zero-order valence-electron chi connectivity index (χ0n) is 17.0. The molecule has 2 aromatic carbocycles. The predicted octanol–water partition coefficient (Wildman–Crippen LogP) is 3.43. The lowest BCUT2D eigenvalue weighted by molar-refractivity contribution is -0.137. The van der Waals surface area contributed by atoms with E-state index in [9.17, 15) is 28.2 Å². The molecule has 3 N–H and O–H groups in total. The number of hydrogen-bond acceptors (Lipinski definition) is 6. The number of benzene rings is 2. The molecular formula is C22H20F3N3O4. The number of aromatic amines is 1. The summed E-state index contributed by atoms with van der Waals surface area (Å²) in [5.74, 6) is -0.253. The number of rotatable bonds is 4. The molecule has 0 spiro atoms. The van der Waals surface area contributed by atoms with Crippen LogP contribution in [-0.2, 0) is 25.7 Å². The number of nitrogens with one attached hydrogen (secondary N) is 1. The molecule has 2 heterocycles. The van der Waals surface area contributed by atoms with E-state index in [1.165, 1.54) is 25.3 Å². The van der Waals surface area contributed by atoms with Crippen LogP contribution in [0.5, 0.6) is 17.2 Å². The van der Waals surface area contributed by atoms with Gasteiger partial charge < -0.3 is 19.9 Å². The Hall–Kier alpha value is -3.53. The third kappa shape index (κ3) is 4.26. The summed E-state index contributed by atoms with van der Waals surface area (Å²) in [6.07, 6.45) is -3.95. The fourth-order valence-corrected chi connectivity index (χ4v) is 3.72. The first-order valence-corrected chi connectivity index (χ1v) is 9.76. The minimum absolute atomic E-state index is 0.151. The molecule has 0 saturated heterocycles. The molecule has 168 valence electrons. The fourth-order valence-electron chi connectivity index (χ4n) is 3.72. The molecule has 1 aromatic heterocycles. The largest absolute Gasteiger partial charge is 0.504 e. The zero-order chi connectivity index (χ0) is 23.0. The zero-order valence-corrected chi connectivity index (χ0v) is 17.0. The molecule has 0 saturated carbocycles. The van der Waals surface area contributed by atoms with Gasteiger partial charge in [0.05, 0.1) is 23.9 Å². The highest BCUT2D eigenvalue weighted by molar-refractivity contribution is 5.56. The molecule has 3 aromatic rings. The number of H-pyrrole nitrogens is 1. The summed E-state index contributed by atoms with van der Waals surface area (Å²) in [6, 6.07) is 7.53. The minimum Gasteiger partial charge on any atom is -0.504 e. The highest BCUT2D eigenvalue weighted by Gasteiger charge is 2.30. The van der Waals surface area contributed by atoms with Gasteiger partial charge in [-0.3, -0.25) is 9.69 Å². The van der Waals surface area contributed by atoms with Gasteiger partial charge in [0.25, 0.3) is 5.56 Å². The second kappa shape index (κ2) is 8.19. The summed E-state index contributed by atoms with van der Waals surface area (Å²) < 4.78 is 43.4. The first kappa shape index (κ1) is 21.7. The van der Waals surface area contributed by atoms with Crippen molar-refractivity contribution >= 4 is 0 Å². The number of aromatic hydroxyl groups is 2. The van der Waals surface area contributed by atoms with Crippen LogP contribution in [0.3, 0.4) is 0 Å². The summed E-state index contributed by atoms with van der Waals surface area (Å²) in [5.41, 5.74) is 1.07. The molecule has 0 bridgehead atoms. The van der Waals surface area contributed by atoms with E-state index in [-0.39, 0.29) is 28.6 Å². The Kier molecular flexibility index (Phi) is 5.55. The van der Waals surface area contributed by atoms with Crippen LogP contribution in [0.4, 0.5) is 13.2 Å². The van der Waals surface area contributed by atoms with E-state index in [0.29, 0.717) is 48.4 Å². The number of methoxy groups -OCH3 is 1. The van der Waals surface area contributed by atoms with Crippen LogP contribution in [0.2, 0.25) is 0 Å². The molecule has 1 aliphatic heterocycles. The predicted molar refractivity (Wildman–Crippen MR) is 109 cm³/mol. The average Bonchev–Trinajstić information content (AvgIpc) is 2.76. The second-order valence-corrected chi connectivity index (χ2v) is 7.54. The van der Waals surface area contributed by atoms with E-state index in [1.54, 1.807) is 6.07 Å². The highest BCUT2D eigenvalue weighted by Crippen LogP contribution is 2.37. The maximum atomic E-state index is 12.8. The summed E-state index contributed by atoms with van der Waals surface area (Å²) in [5, 5.41) is 19.6. The van der Waals surface area contributed by atoms with Crippen molar-refractivity contribution in [2.75, 3.05) is 13.7 Å². The number of halogens is 3. The van der Waals surface area contributed by atoms with Gasteiger partial charge in [0.15, 0.2) is 11.5 Å². The van der Waals surface area contributed by atoms with Gasteiger partial charge in [-0.2, -0.15) is 13.2 Å². The maximum Gasteiger partial charge on any atom is 0.416 e. The maximum absolute atomic E-state index is 12.8. The molecular weight excluding hydrogens is 427 g/mol. The van der Waals surface area contributed by atoms with Gasteiger partial charge >= 0.3 is 6.18 Å². The third-order valence-electron chi connectivity index (χ3n) is 5.37. The third-order valence-corrected chi connectivity index (χ3v) is 5.37. The molecule has 0 unspecified atom stereocenters. The molecule has 10 heteroatoms. The van der Waals surface area contributed by atoms with Crippen molar-refractivity contribution in [1.29, 1.82) is 0 Å². The van der Waals surface area contributed by atoms with Crippen LogP contribution in [0, 0.1) is 0 Å². The molecule has 7 nitrogen and oxygen atoms in total. The Labute approximate surface area is 180 Å². The molecule has 0 amide bonds. The van der Waals surface area contributed by atoms with Gasteiger partial charge in [-0.1, -0.05) is 12.1 Å². The number of ether oxygens (including phenoxy) is 1. The Morgan fingerprint density at radius 2 is 1.91 bits per heavy atom. The monoisotopic (exact) mass is 447 g/mol. The van der Waals surface area contributed by atoms with Gasteiger partial charge in [0.2, 0.25) is 5.75 Å². The second-order valence-electron chi connectivity index (χ2n) is 7.54. The number of hydrogen-bond donors (Lipinski definition) is 3. The van der Waals surface area contributed by atoms with Crippen LogP contribution < -0.4 is 10.3 Å². The lowest BCUT2D eigenvalue weighted by atomic mass is 10.0. The number of aromatic nitrogens is 2. The van der Waals surface area contributed by atoms with E-state index < -0.39 is 11.7 Å². The van der Waals surface area contributed by atoms with Gasteiger partial charge in [0, 0.05) is 31.6 Å². The highest BCUT2D eigenvalue weighted by atomic mass is 19.4. The van der Waals surface area contributed by atoms with Crippen molar-refractivity contribution in [2.45, 2.75) is 25.7 Å². The number of alkyl halides is 3. The summed E-state index contributed by atoms with van der Waals surface area (Å²) in [7, 11) is 1.38. The SMILES string of the molecule is COc1cc(CN2CCc3nc(-c4ccc(C(F)(F)F)cc4)[nH]c(=O)c3C2)cc(O)c1O. The van der Waals surface area contributed by atoms with Gasteiger partial charge in [-0.15, -0.1) is 0 Å². The van der Waals surface area contributed by atoms with Crippen LogP contribution >= 0.6 is 0 Å². The molecule has 0 atom stereocenters. The van der Waals surface area contributed by atoms with Crippen LogP contribution in [0.1, 0.15) is 22.4 Å². The number of fused-ring (bicyclic) bond motifs is 1. The summed E-state index contributed by atoms with van der Waals surface area (Å²) >= 11 is 0. The first-order valence-electron chi connectivity index (χ1n) is 9.76. The van der Waals surface area contributed by atoms with Crippen LogP contribution in [-0.4, -0.2) is 38.7 Å². The van der Waals surface area contributed by atoms with E-state index >= 15 is 0 Å². The lowest BCUT2D eigenvalue weighted by Gasteiger charge is -2.28. The van der Waals surface area contributed by atoms with Crippen LogP contribution in [0.15, 0.2) is 41.2 Å². The quantitative estimate of drug-likeness (QED) is 0.530. The van der Waals surface area contributed by atoms with Crippen molar-refractivity contribution in [3.05, 3.63) is 69.1 Å². The Bertz CT molecular complexity index is 1210. The summed E-state index contributed by atoms with van der Waals surface area (Å²) in [6.45, 7) is 1.30. The van der Waals surface area contributed by atoms with E-state index in [4.69, 9.17) is 4.74 Å². The molecule has 0 radical (unpaired) electrons. The smallest absolute Gasteiger partial charge is 0.416 e. The van der Waals surface area contributed by atoms with Gasteiger partial charge in [0.1, 0.15) is 5.82 Å². The molecule has 32 heavy (non-hydrogen) atoms. The van der Waals surface area contributed by atoms with E-state index in [2.05, 4.69) is 9.97 Å². The number of phenolic OH excluding ortho intramolecular Hbond substituents is 2. The van der Waals surface area contributed by atoms with Crippen molar-refractivity contribution in [3.63, 3.8) is 0 Å². The molecule has 1 aliphatic rings. The van der Waals surface area contributed by atoms with Crippen molar-refractivity contribution in [1.82, 2.24) is 14.9 Å². The molecule has 0 fully saturated rings. The van der Waals surface area contributed by atoms with Crippen molar-refractivity contribution in [2.24, 2.45) is 0 Å². The van der Waals surface area contributed by atoms with Crippen molar-refractivity contribution in [3.8, 4) is 28.6 Å². The topological polar surface area (TPSA) is 98.7 Å². The Balaban J connectivity index is 1.55. The van der Waals surface area contributed by atoms with Crippen molar-refractivity contribution < 1.29 is 28.1 Å². The normalized spacial score (nSPS) is 14.2. The van der Waals surface area contributed by atoms with E-state index in [1.807, 2.05) is 4.90 Å².